The van der Waals surface area contributed by atoms with Crippen LogP contribution in [0.4, 0.5) is 0 Å². The van der Waals surface area contributed by atoms with E-state index in [4.69, 9.17) is 4.74 Å². The molecule has 3 aliphatic rings. The molecule has 0 radical (unpaired) electrons. The van der Waals surface area contributed by atoms with Crippen LogP contribution in [0.5, 0.6) is 0 Å². The zero-order valence-corrected chi connectivity index (χ0v) is 14.0. The number of rotatable bonds is 0. The van der Waals surface area contributed by atoms with E-state index in [2.05, 4.69) is 29.6 Å². The molecule has 2 heterocycles. The molecule has 0 spiro atoms. The van der Waals surface area contributed by atoms with Crippen molar-refractivity contribution in [3.8, 4) is 0 Å². The Bertz CT molecular complexity index is 526. The molecular weight excluding hydrogens is 270 g/mol. The van der Waals surface area contributed by atoms with Gasteiger partial charge in [0.25, 0.3) is 0 Å². The Labute approximate surface area is 135 Å². The Morgan fingerprint density at radius 2 is 1.82 bits per heavy atom. The first-order chi connectivity index (χ1) is 10.9. The molecule has 120 valence electrons. The zero-order valence-electron chi connectivity index (χ0n) is 14.0. The molecule has 1 aliphatic carbocycles. The summed E-state index contributed by atoms with van der Waals surface area (Å²) in [5, 5.41) is 3.49. The fourth-order valence-electron chi connectivity index (χ4n) is 4.21. The second kappa shape index (κ2) is 7.43. The smallest absolute Gasteiger partial charge is 0.0726 e. The van der Waals surface area contributed by atoms with Crippen LogP contribution < -0.4 is 5.32 Å². The van der Waals surface area contributed by atoms with Gasteiger partial charge in [-0.25, -0.2) is 0 Å². The van der Waals surface area contributed by atoms with Crippen LogP contribution in [0.25, 0.3) is 5.57 Å². The van der Waals surface area contributed by atoms with Gasteiger partial charge >= 0.3 is 0 Å². The molecule has 1 saturated carbocycles. The van der Waals surface area contributed by atoms with Crippen molar-refractivity contribution >= 4 is 5.57 Å². The molecule has 1 aromatic carbocycles. The fourth-order valence-corrected chi connectivity index (χ4v) is 4.21. The van der Waals surface area contributed by atoms with Crippen LogP contribution in [0.2, 0.25) is 0 Å². The maximum atomic E-state index is 6.22. The van der Waals surface area contributed by atoms with E-state index in [1.54, 1.807) is 11.1 Å². The molecule has 4 rings (SSSR count). The number of nitrogens with one attached hydrogen (secondary N) is 1. The Morgan fingerprint density at radius 3 is 2.64 bits per heavy atom. The van der Waals surface area contributed by atoms with E-state index in [-0.39, 0.29) is 0 Å². The largest absolute Gasteiger partial charge is 0.373 e. The topological polar surface area (TPSA) is 21.3 Å². The van der Waals surface area contributed by atoms with Gasteiger partial charge in [-0.1, -0.05) is 50.1 Å². The second-order valence-electron chi connectivity index (χ2n) is 6.31. The van der Waals surface area contributed by atoms with Gasteiger partial charge in [-0.15, -0.1) is 0 Å². The van der Waals surface area contributed by atoms with Crippen LogP contribution in [0.3, 0.4) is 0 Å². The summed E-state index contributed by atoms with van der Waals surface area (Å²) >= 11 is 0. The van der Waals surface area contributed by atoms with Crippen molar-refractivity contribution < 1.29 is 4.74 Å². The van der Waals surface area contributed by atoms with Crippen LogP contribution in [0.15, 0.2) is 29.8 Å². The van der Waals surface area contributed by atoms with Gasteiger partial charge in [0.2, 0.25) is 0 Å². The predicted molar refractivity (Wildman–Crippen MR) is 92.7 cm³/mol. The minimum atomic E-state index is 0.458. The van der Waals surface area contributed by atoms with Crippen molar-refractivity contribution in [2.24, 2.45) is 5.92 Å². The van der Waals surface area contributed by atoms with Crippen molar-refractivity contribution in [3.63, 3.8) is 0 Å². The lowest BCUT2D eigenvalue weighted by Gasteiger charge is -2.26. The Hall–Kier alpha value is -1.12. The summed E-state index contributed by atoms with van der Waals surface area (Å²) in [4.78, 5) is 0. The highest BCUT2D eigenvalue weighted by molar-refractivity contribution is 5.74. The van der Waals surface area contributed by atoms with Gasteiger partial charge in [0.1, 0.15) is 0 Å². The SMILES string of the molecule is CC.c1ccc2c(c1)COC1CCCC1C2=C1CCNCC1. The quantitative estimate of drug-likeness (QED) is 0.759. The van der Waals surface area contributed by atoms with Crippen LogP contribution in [0, 0.1) is 5.92 Å². The van der Waals surface area contributed by atoms with Gasteiger partial charge < -0.3 is 10.1 Å². The van der Waals surface area contributed by atoms with E-state index in [1.807, 2.05) is 13.8 Å². The van der Waals surface area contributed by atoms with Crippen LogP contribution in [0.1, 0.15) is 57.1 Å². The van der Waals surface area contributed by atoms with E-state index in [0.717, 1.165) is 19.7 Å². The number of hydrogen-bond acceptors (Lipinski definition) is 2. The van der Waals surface area contributed by atoms with Gasteiger partial charge in [-0.3, -0.25) is 0 Å². The molecule has 1 aromatic rings. The summed E-state index contributed by atoms with van der Waals surface area (Å²) in [5.74, 6) is 0.645. The molecule has 1 N–H and O–H groups in total. The number of benzene rings is 1. The maximum Gasteiger partial charge on any atom is 0.0726 e. The first kappa shape index (κ1) is 15.8. The third-order valence-corrected chi connectivity index (χ3v) is 5.17. The maximum absolute atomic E-state index is 6.22. The molecule has 2 fully saturated rings. The lowest BCUT2D eigenvalue weighted by molar-refractivity contribution is 0.0330. The highest BCUT2D eigenvalue weighted by Crippen LogP contribution is 2.45. The van der Waals surface area contributed by atoms with E-state index >= 15 is 0 Å². The van der Waals surface area contributed by atoms with E-state index in [0.29, 0.717) is 12.0 Å². The third-order valence-electron chi connectivity index (χ3n) is 5.17. The van der Waals surface area contributed by atoms with Gasteiger partial charge in [-0.2, -0.15) is 0 Å². The van der Waals surface area contributed by atoms with Crippen LogP contribution in [-0.2, 0) is 11.3 Å². The van der Waals surface area contributed by atoms with Crippen molar-refractivity contribution in [1.82, 2.24) is 5.32 Å². The standard InChI is InChI=1S/C18H23NO.C2H6/c1-2-5-15-14(4-1)12-20-17-7-3-6-16(17)18(15)13-8-10-19-11-9-13;1-2/h1-2,4-5,16-17,19H,3,6-12H2;1-2H3. The number of ether oxygens (including phenoxy) is 1. The summed E-state index contributed by atoms with van der Waals surface area (Å²) < 4.78 is 6.22. The van der Waals surface area contributed by atoms with Crippen molar-refractivity contribution in [1.29, 1.82) is 0 Å². The molecule has 2 nitrogen and oxygen atoms in total. The zero-order chi connectivity index (χ0) is 15.4. The monoisotopic (exact) mass is 299 g/mol. The van der Waals surface area contributed by atoms with Gasteiger partial charge in [0, 0.05) is 5.92 Å². The van der Waals surface area contributed by atoms with Crippen molar-refractivity contribution in [2.45, 2.75) is 58.7 Å². The summed E-state index contributed by atoms with van der Waals surface area (Å²) in [6, 6.07) is 8.91. The summed E-state index contributed by atoms with van der Waals surface area (Å²) in [6.45, 7) is 7.07. The number of piperidine rings is 1. The van der Waals surface area contributed by atoms with Crippen LogP contribution >= 0.6 is 0 Å². The highest BCUT2D eigenvalue weighted by Gasteiger charge is 2.36. The number of fused-ring (bicyclic) bond motifs is 2. The molecule has 2 heteroatoms. The second-order valence-corrected chi connectivity index (χ2v) is 6.31. The summed E-state index contributed by atoms with van der Waals surface area (Å²) in [5.41, 5.74) is 6.22. The van der Waals surface area contributed by atoms with Gasteiger partial charge in [0.15, 0.2) is 0 Å². The molecule has 0 bridgehead atoms. The van der Waals surface area contributed by atoms with Crippen molar-refractivity contribution in [2.75, 3.05) is 13.1 Å². The molecule has 1 saturated heterocycles. The number of hydrogen-bond donors (Lipinski definition) is 1. The van der Waals surface area contributed by atoms with E-state index in [9.17, 15) is 0 Å². The van der Waals surface area contributed by atoms with Crippen molar-refractivity contribution in [3.05, 3.63) is 41.0 Å². The minimum Gasteiger partial charge on any atom is -0.373 e. The van der Waals surface area contributed by atoms with Gasteiger partial charge in [0.05, 0.1) is 12.7 Å². The molecule has 22 heavy (non-hydrogen) atoms. The first-order valence-electron chi connectivity index (χ1n) is 9.06. The molecule has 0 amide bonds. The Kier molecular flexibility index (Phi) is 5.32. The predicted octanol–water partition coefficient (Wildman–Crippen LogP) is 4.55. The Balaban J connectivity index is 0.000000693. The molecular formula is C20H29NO. The molecule has 2 atom stereocenters. The average molecular weight is 299 g/mol. The summed E-state index contributed by atoms with van der Waals surface area (Å²) in [7, 11) is 0. The first-order valence-corrected chi connectivity index (χ1v) is 9.06. The Morgan fingerprint density at radius 1 is 1.05 bits per heavy atom. The molecule has 0 aromatic heterocycles. The third kappa shape index (κ3) is 3.00. The minimum absolute atomic E-state index is 0.458. The van der Waals surface area contributed by atoms with E-state index in [1.165, 1.54) is 43.2 Å². The normalized spacial score (nSPS) is 27.4. The molecule has 2 unspecified atom stereocenters. The van der Waals surface area contributed by atoms with E-state index < -0.39 is 0 Å². The van der Waals surface area contributed by atoms with Crippen LogP contribution in [-0.4, -0.2) is 19.2 Å². The fraction of sp³-hybridized carbons (Fsp3) is 0.600. The lowest BCUT2D eigenvalue weighted by Crippen LogP contribution is -2.25. The lowest BCUT2D eigenvalue weighted by atomic mass is 9.82. The summed E-state index contributed by atoms with van der Waals surface area (Å²) in [6.07, 6.45) is 6.77. The molecule has 2 aliphatic heterocycles. The van der Waals surface area contributed by atoms with Gasteiger partial charge in [-0.05, 0) is 55.5 Å². The highest BCUT2D eigenvalue weighted by atomic mass is 16.5. The average Bonchev–Trinajstić information content (AvgIpc) is 2.99.